The van der Waals surface area contributed by atoms with Crippen LogP contribution in [0.5, 0.6) is 0 Å². The normalized spacial score (nSPS) is 14.0. The summed E-state index contributed by atoms with van der Waals surface area (Å²) in [6.45, 7) is 0. The molecule has 0 heterocycles. The summed E-state index contributed by atoms with van der Waals surface area (Å²) in [6, 6.07) is 67.7. The highest BCUT2D eigenvalue weighted by molar-refractivity contribution is 5.98. The molecule has 0 aliphatic heterocycles. The number of allylic oxidation sites excluding steroid dienone is 3. The second kappa shape index (κ2) is 13.2. The lowest BCUT2D eigenvalue weighted by atomic mass is 10.00. The largest absolute Gasteiger partial charge is 0.311 e. The van der Waals surface area contributed by atoms with E-state index in [0.717, 1.165) is 36.3 Å². The van der Waals surface area contributed by atoms with Gasteiger partial charge in [0.05, 0.1) is 0 Å². The van der Waals surface area contributed by atoms with E-state index >= 15 is 0 Å². The van der Waals surface area contributed by atoms with Gasteiger partial charge in [-0.25, -0.2) is 0 Å². The van der Waals surface area contributed by atoms with Gasteiger partial charge in [-0.1, -0.05) is 146 Å². The van der Waals surface area contributed by atoms with Gasteiger partial charge in [-0.2, -0.15) is 0 Å². The van der Waals surface area contributed by atoms with Crippen LogP contribution >= 0.6 is 0 Å². The molecule has 0 spiro atoms. The quantitative estimate of drug-likeness (QED) is 0.164. The molecule has 0 radical (unpaired) electrons. The van der Waals surface area contributed by atoms with Crippen molar-refractivity contribution >= 4 is 84.3 Å². The Morgan fingerprint density at radius 3 is 0.810 bits per heavy atom. The Balaban J connectivity index is 0.869. The van der Waals surface area contributed by atoms with Gasteiger partial charge in [0.25, 0.3) is 0 Å². The zero-order valence-corrected chi connectivity index (χ0v) is 32.1. The monoisotopic (exact) mass is 737 g/mol. The van der Waals surface area contributed by atoms with Crippen molar-refractivity contribution in [3.05, 3.63) is 232 Å². The van der Waals surface area contributed by atoms with Crippen LogP contribution in [0.2, 0.25) is 0 Å². The lowest BCUT2D eigenvalue weighted by Gasteiger charge is -2.26. The molecule has 0 aromatic heterocycles. The minimum absolute atomic E-state index is 0.956. The average Bonchev–Trinajstić information content (AvgIpc) is 4.01. The molecule has 3 aliphatic rings. The fourth-order valence-electron chi connectivity index (χ4n) is 9.59. The Morgan fingerprint density at radius 1 is 0.276 bits per heavy atom. The zero-order valence-electron chi connectivity index (χ0n) is 32.1. The van der Waals surface area contributed by atoms with Crippen molar-refractivity contribution < 1.29 is 0 Å². The van der Waals surface area contributed by atoms with Gasteiger partial charge in [0, 0.05) is 17.1 Å². The van der Waals surface area contributed by atoms with E-state index in [2.05, 4.69) is 205 Å². The molecular weight excluding hydrogens is 699 g/mol. The van der Waals surface area contributed by atoms with E-state index in [1.165, 1.54) is 99.1 Å². The van der Waals surface area contributed by atoms with Gasteiger partial charge >= 0.3 is 0 Å². The van der Waals surface area contributed by atoms with E-state index in [0.29, 0.717) is 0 Å². The van der Waals surface area contributed by atoms with Crippen molar-refractivity contribution in [1.29, 1.82) is 0 Å². The average molecular weight is 738 g/mol. The van der Waals surface area contributed by atoms with Crippen LogP contribution in [-0.2, 0) is 19.3 Å². The molecule has 0 fully saturated rings. The predicted molar refractivity (Wildman–Crippen MR) is 248 cm³/mol. The van der Waals surface area contributed by atoms with Gasteiger partial charge in [0.15, 0.2) is 0 Å². The van der Waals surface area contributed by atoms with Crippen molar-refractivity contribution in [2.45, 2.75) is 19.3 Å². The molecule has 1 nitrogen and oxygen atoms in total. The first kappa shape index (κ1) is 33.0. The first-order valence-corrected chi connectivity index (χ1v) is 20.4. The van der Waals surface area contributed by atoms with E-state index in [1.807, 2.05) is 0 Å². The molecule has 3 aliphatic carbocycles. The van der Waals surface area contributed by atoms with E-state index in [-0.39, 0.29) is 0 Å². The van der Waals surface area contributed by atoms with E-state index in [1.54, 1.807) is 0 Å². The number of hydrogen-bond donors (Lipinski definition) is 0. The summed E-state index contributed by atoms with van der Waals surface area (Å²) in [4.78, 5) is 2.40. The third kappa shape index (κ3) is 5.70. The molecular formula is C57H39N. The number of anilines is 3. The van der Waals surface area contributed by atoms with Gasteiger partial charge in [0.1, 0.15) is 0 Å². The Morgan fingerprint density at radius 2 is 0.534 bits per heavy atom. The Bertz CT molecular complexity index is 2860. The SMILES string of the molecule is C1=C(c2ccc(N(c3ccc(C4=Cc5cc6ccccc6cc5C4)cc3)c3ccc(C4=Cc5cc6ccccc6cc5C4)cc3)cc2)Cc2cc3ccccc3cc21. The smallest absolute Gasteiger partial charge is 0.0462 e. The number of rotatable bonds is 6. The number of nitrogens with zero attached hydrogens (tertiary/aromatic N) is 1. The van der Waals surface area contributed by atoms with Crippen molar-refractivity contribution in [3.63, 3.8) is 0 Å². The van der Waals surface area contributed by atoms with Crippen LogP contribution in [0.3, 0.4) is 0 Å². The van der Waals surface area contributed by atoms with Crippen molar-refractivity contribution in [2.24, 2.45) is 0 Å². The van der Waals surface area contributed by atoms with Crippen molar-refractivity contribution in [1.82, 2.24) is 0 Å². The van der Waals surface area contributed by atoms with Gasteiger partial charge in [0.2, 0.25) is 0 Å². The minimum Gasteiger partial charge on any atom is -0.311 e. The zero-order chi connectivity index (χ0) is 38.2. The third-order valence-corrected chi connectivity index (χ3v) is 12.6. The molecule has 0 amide bonds. The van der Waals surface area contributed by atoms with Gasteiger partial charge in [-0.05, 0) is 173 Å². The van der Waals surface area contributed by atoms with Crippen LogP contribution in [0.25, 0.3) is 67.3 Å². The standard InChI is InChI=1S/C57H39N/c1-2-8-41-26-50-32-46(31-49(50)25-40(41)7-1)37-13-19-55(20-14-37)58(56-21-15-38(16-22-56)47-33-51-27-42-9-3-4-10-43(42)28-52(51)34-47)57-23-17-39(18-24-57)48-35-53-29-44-11-5-6-12-45(44)30-54(53)36-48/h1-31,33,35H,32,34,36H2. The lowest BCUT2D eigenvalue weighted by molar-refractivity contribution is 1.26. The second-order valence-electron chi connectivity index (χ2n) is 16.2. The Kier molecular flexibility index (Phi) is 7.50. The van der Waals surface area contributed by atoms with Gasteiger partial charge in [-0.15, -0.1) is 0 Å². The lowest BCUT2D eigenvalue weighted by Crippen LogP contribution is -2.10. The van der Waals surface area contributed by atoms with Gasteiger partial charge < -0.3 is 4.90 Å². The molecule has 58 heavy (non-hydrogen) atoms. The highest BCUT2D eigenvalue weighted by Gasteiger charge is 2.20. The summed E-state index contributed by atoms with van der Waals surface area (Å²) in [5.74, 6) is 0. The molecule has 9 aromatic carbocycles. The van der Waals surface area contributed by atoms with Gasteiger partial charge in [-0.3, -0.25) is 0 Å². The van der Waals surface area contributed by atoms with Crippen LogP contribution in [-0.4, -0.2) is 0 Å². The maximum absolute atomic E-state index is 2.40. The fraction of sp³-hybridized carbons (Fsp3) is 0.0526. The molecule has 0 N–H and O–H groups in total. The van der Waals surface area contributed by atoms with Crippen LogP contribution < -0.4 is 4.90 Å². The number of fused-ring (bicyclic) bond motifs is 6. The highest BCUT2D eigenvalue weighted by Crippen LogP contribution is 2.41. The summed E-state index contributed by atoms with van der Waals surface area (Å²) in [5.41, 5.74) is 19.6. The highest BCUT2D eigenvalue weighted by atomic mass is 15.1. The van der Waals surface area contributed by atoms with E-state index < -0.39 is 0 Å². The summed E-state index contributed by atoms with van der Waals surface area (Å²) in [6.07, 6.45) is 10.0. The maximum Gasteiger partial charge on any atom is 0.0462 e. The number of hydrogen-bond acceptors (Lipinski definition) is 1. The van der Waals surface area contributed by atoms with Crippen molar-refractivity contribution in [3.8, 4) is 0 Å². The molecule has 272 valence electrons. The van der Waals surface area contributed by atoms with Crippen molar-refractivity contribution in [2.75, 3.05) is 4.90 Å². The van der Waals surface area contributed by atoms with E-state index in [9.17, 15) is 0 Å². The molecule has 1 heteroatoms. The van der Waals surface area contributed by atoms with E-state index in [4.69, 9.17) is 0 Å². The van der Waals surface area contributed by atoms with Crippen LogP contribution in [0.1, 0.15) is 50.1 Å². The first-order chi connectivity index (χ1) is 28.6. The molecule has 0 bridgehead atoms. The molecule has 0 saturated heterocycles. The molecule has 12 rings (SSSR count). The minimum atomic E-state index is 0.956. The topological polar surface area (TPSA) is 3.24 Å². The number of benzene rings is 9. The first-order valence-electron chi connectivity index (χ1n) is 20.4. The molecule has 9 aromatic rings. The molecule has 0 unspecified atom stereocenters. The fourth-order valence-corrected chi connectivity index (χ4v) is 9.59. The summed E-state index contributed by atoms with van der Waals surface area (Å²) in [5, 5.41) is 7.82. The third-order valence-electron chi connectivity index (χ3n) is 12.6. The molecule has 0 saturated carbocycles. The molecule has 0 atom stereocenters. The summed E-state index contributed by atoms with van der Waals surface area (Å²) in [7, 11) is 0. The summed E-state index contributed by atoms with van der Waals surface area (Å²) < 4.78 is 0. The predicted octanol–water partition coefficient (Wildman–Crippen LogP) is 14.9. The Labute approximate surface area is 339 Å². The Hall–Kier alpha value is -7.22. The van der Waals surface area contributed by atoms with Crippen LogP contribution in [0.15, 0.2) is 182 Å². The van der Waals surface area contributed by atoms with Crippen LogP contribution in [0.4, 0.5) is 17.1 Å². The summed E-state index contributed by atoms with van der Waals surface area (Å²) >= 11 is 0. The second-order valence-corrected chi connectivity index (χ2v) is 16.2. The maximum atomic E-state index is 2.40. The van der Waals surface area contributed by atoms with Crippen LogP contribution in [0, 0.1) is 0 Å².